The molecule has 0 aliphatic carbocycles. The van der Waals surface area contributed by atoms with Crippen molar-refractivity contribution in [3.63, 3.8) is 0 Å². The summed E-state index contributed by atoms with van der Waals surface area (Å²) in [6.07, 6.45) is 6.05. The molecule has 2 fully saturated rings. The van der Waals surface area contributed by atoms with Gasteiger partial charge in [0.1, 0.15) is 0 Å². The minimum atomic E-state index is 0.111. The molecule has 2 aliphatic rings. The van der Waals surface area contributed by atoms with Gasteiger partial charge in [0.25, 0.3) is 0 Å². The number of nitrogens with one attached hydrogen (secondary N) is 1. The van der Waals surface area contributed by atoms with Gasteiger partial charge in [0, 0.05) is 37.8 Å². The van der Waals surface area contributed by atoms with Crippen molar-refractivity contribution in [3.8, 4) is 0 Å². The van der Waals surface area contributed by atoms with E-state index < -0.39 is 0 Å². The minimum Gasteiger partial charge on any atom is -0.335 e. The second-order valence-electron chi connectivity index (χ2n) is 7.19. The van der Waals surface area contributed by atoms with Crippen LogP contribution in [0.1, 0.15) is 51.5 Å². The van der Waals surface area contributed by atoms with E-state index in [1.807, 2.05) is 18.7 Å². The number of nitrogens with zero attached hydrogens (tertiary/aromatic N) is 2. The molecule has 2 bridgehead atoms. The standard InChI is InChI=1S/C20H31N3O/c1-3-22(4-2)20(24)21-17-13-18-11-8-12-19(14-17)23(18)15-16-9-6-5-7-10-16/h5-7,9-10,17-19H,3-4,8,11-15H2,1-2H3,(H,21,24)/t17?,18-,19+. The lowest BCUT2D eigenvalue weighted by Gasteiger charge is -2.49. The fraction of sp³-hybridized carbons (Fsp3) is 0.650. The lowest BCUT2D eigenvalue weighted by atomic mass is 9.81. The number of benzene rings is 1. The van der Waals surface area contributed by atoms with E-state index in [0.717, 1.165) is 32.5 Å². The predicted molar refractivity (Wildman–Crippen MR) is 97.9 cm³/mol. The summed E-state index contributed by atoms with van der Waals surface area (Å²) in [6.45, 7) is 6.69. The fourth-order valence-corrected chi connectivity index (χ4v) is 4.43. The molecule has 1 unspecified atom stereocenters. The van der Waals surface area contributed by atoms with Crippen molar-refractivity contribution in [2.75, 3.05) is 13.1 Å². The van der Waals surface area contributed by atoms with Crippen LogP contribution in [0.15, 0.2) is 30.3 Å². The minimum absolute atomic E-state index is 0.111. The Balaban J connectivity index is 1.62. The van der Waals surface area contributed by atoms with Gasteiger partial charge >= 0.3 is 6.03 Å². The topological polar surface area (TPSA) is 35.6 Å². The van der Waals surface area contributed by atoms with Crippen LogP contribution in [-0.2, 0) is 6.54 Å². The molecule has 4 heteroatoms. The molecule has 2 saturated heterocycles. The van der Waals surface area contributed by atoms with E-state index >= 15 is 0 Å². The SMILES string of the molecule is CCN(CC)C(=O)NC1C[C@H]2CCC[C@@H](C1)N2Cc1ccccc1. The average molecular weight is 329 g/mol. The lowest BCUT2D eigenvalue weighted by molar-refractivity contribution is 0.0188. The largest absolute Gasteiger partial charge is 0.335 e. The number of amides is 2. The lowest BCUT2D eigenvalue weighted by Crippen LogP contribution is -2.57. The molecule has 0 spiro atoms. The van der Waals surface area contributed by atoms with E-state index in [0.29, 0.717) is 18.1 Å². The van der Waals surface area contributed by atoms with E-state index in [2.05, 4.69) is 40.5 Å². The molecular formula is C20H31N3O. The van der Waals surface area contributed by atoms with Crippen molar-refractivity contribution in [3.05, 3.63) is 35.9 Å². The van der Waals surface area contributed by atoms with Gasteiger partial charge in [0.15, 0.2) is 0 Å². The fourth-order valence-electron chi connectivity index (χ4n) is 4.43. The molecule has 0 aromatic heterocycles. The second-order valence-corrected chi connectivity index (χ2v) is 7.19. The van der Waals surface area contributed by atoms with Gasteiger partial charge in [-0.3, -0.25) is 4.90 Å². The third kappa shape index (κ3) is 3.92. The van der Waals surface area contributed by atoms with Gasteiger partial charge in [-0.05, 0) is 45.1 Å². The molecular weight excluding hydrogens is 298 g/mol. The molecule has 2 heterocycles. The maximum atomic E-state index is 12.4. The molecule has 132 valence electrons. The van der Waals surface area contributed by atoms with E-state index in [1.165, 1.54) is 24.8 Å². The number of carbonyl (C=O) groups is 1. The Bertz CT molecular complexity index is 515. The van der Waals surface area contributed by atoms with E-state index in [-0.39, 0.29) is 6.03 Å². The number of piperidine rings is 2. The summed E-state index contributed by atoms with van der Waals surface area (Å²) >= 11 is 0. The number of carbonyl (C=O) groups excluding carboxylic acids is 1. The summed E-state index contributed by atoms with van der Waals surface area (Å²) in [5, 5.41) is 3.29. The van der Waals surface area contributed by atoms with Gasteiger partial charge in [-0.25, -0.2) is 4.79 Å². The highest BCUT2D eigenvalue weighted by molar-refractivity contribution is 5.74. The van der Waals surface area contributed by atoms with Crippen molar-refractivity contribution < 1.29 is 4.79 Å². The Hall–Kier alpha value is -1.55. The van der Waals surface area contributed by atoms with Crippen molar-refractivity contribution in [2.45, 2.75) is 70.6 Å². The van der Waals surface area contributed by atoms with E-state index in [4.69, 9.17) is 0 Å². The molecule has 3 atom stereocenters. The maximum Gasteiger partial charge on any atom is 0.317 e. The zero-order valence-electron chi connectivity index (χ0n) is 15.1. The Morgan fingerprint density at radius 1 is 1.12 bits per heavy atom. The van der Waals surface area contributed by atoms with Crippen molar-refractivity contribution in [1.82, 2.24) is 15.1 Å². The second kappa shape index (κ2) is 8.02. The Morgan fingerprint density at radius 3 is 2.33 bits per heavy atom. The highest BCUT2D eigenvalue weighted by Crippen LogP contribution is 2.35. The van der Waals surface area contributed by atoms with Gasteiger partial charge in [0.2, 0.25) is 0 Å². The molecule has 2 aliphatic heterocycles. The summed E-state index contributed by atoms with van der Waals surface area (Å²) in [6, 6.07) is 12.5. The zero-order valence-corrected chi connectivity index (χ0v) is 15.1. The van der Waals surface area contributed by atoms with Crippen molar-refractivity contribution in [2.24, 2.45) is 0 Å². The van der Waals surface area contributed by atoms with Crippen LogP contribution in [0, 0.1) is 0 Å². The first-order valence-corrected chi connectivity index (χ1v) is 9.56. The van der Waals surface area contributed by atoms with Crippen LogP contribution < -0.4 is 5.32 Å². The first kappa shape index (κ1) is 17.3. The van der Waals surface area contributed by atoms with Gasteiger partial charge in [0.05, 0.1) is 0 Å². The summed E-state index contributed by atoms with van der Waals surface area (Å²) in [5.74, 6) is 0. The number of hydrogen-bond donors (Lipinski definition) is 1. The van der Waals surface area contributed by atoms with Crippen LogP contribution in [0.4, 0.5) is 4.79 Å². The van der Waals surface area contributed by atoms with E-state index in [9.17, 15) is 4.79 Å². The first-order chi connectivity index (χ1) is 11.7. The van der Waals surface area contributed by atoms with Crippen LogP contribution in [0.5, 0.6) is 0 Å². The third-order valence-electron chi connectivity index (χ3n) is 5.71. The van der Waals surface area contributed by atoms with Gasteiger partial charge in [-0.15, -0.1) is 0 Å². The molecule has 0 radical (unpaired) electrons. The third-order valence-corrected chi connectivity index (χ3v) is 5.71. The first-order valence-electron chi connectivity index (χ1n) is 9.56. The summed E-state index contributed by atoms with van der Waals surface area (Å²) in [4.78, 5) is 16.9. The molecule has 1 aromatic carbocycles. The molecule has 24 heavy (non-hydrogen) atoms. The molecule has 1 aromatic rings. The highest BCUT2D eigenvalue weighted by atomic mass is 16.2. The van der Waals surface area contributed by atoms with Crippen LogP contribution in [0.3, 0.4) is 0 Å². The van der Waals surface area contributed by atoms with Gasteiger partial charge in [-0.2, -0.15) is 0 Å². The Kier molecular flexibility index (Phi) is 5.77. The highest BCUT2D eigenvalue weighted by Gasteiger charge is 2.38. The number of fused-ring (bicyclic) bond motifs is 2. The predicted octanol–water partition coefficient (Wildman–Crippen LogP) is 3.62. The average Bonchev–Trinajstić information content (AvgIpc) is 2.57. The summed E-state index contributed by atoms with van der Waals surface area (Å²) < 4.78 is 0. The molecule has 4 nitrogen and oxygen atoms in total. The smallest absolute Gasteiger partial charge is 0.317 e. The van der Waals surface area contributed by atoms with Gasteiger partial charge < -0.3 is 10.2 Å². The van der Waals surface area contributed by atoms with Crippen molar-refractivity contribution in [1.29, 1.82) is 0 Å². The number of hydrogen-bond acceptors (Lipinski definition) is 2. The monoisotopic (exact) mass is 329 g/mol. The molecule has 2 amide bonds. The van der Waals surface area contributed by atoms with Crippen LogP contribution in [0.25, 0.3) is 0 Å². The summed E-state index contributed by atoms with van der Waals surface area (Å²) in [5.41, 5.74) is 1.40. The van der Waals surface area contributed by atoms with Crippen molar-refractivity contribution >= 4 is 6.03 Å². The van der Waals surface area contributed by atoms with E-state index in [1.54, 1.807) is 0 Å². The summed E-state index contributed by atoms with van der Waals surface area (Å²) in [7, 11) is 0. The maximum absolute atomic E-state index is 12.4. The molecule has 0 saturated carbocycles. The van der Waals surface area contributed by atoms with Crippen LogP contribution in [-0.4, -0.2) is 47.0 Å². The van der Waals surface area contributed by atoms with Crippen LogP contribution in [0.2, 0.25) is 0 Å². The number of urea groups is 1. The Labute approximate surface area is 146 Å². The number of rotatable bonds is 5. The molecule has 3 rings (SSSR count). The quantitative estimate of drug-likeness (QED) is 0.895. The van der Waals surface area contributed by atoms with Crippen LogP contribution >= 0.6 is 0 Å². The normalized spacial score (nSPS) is 26.8. The Morgan fingerprint density at radius 2 is 1.75 bits per heavy atom. The zero-order chi connectivity index (χ0) is 16.9. The van der Waals surface area contributed by atoms with Gasteiger partial charge in [-0.1, -0.05) is 36.8 Å². The molecule has 1 N–H and O–H groups in total.